The fourth-order valence-electron chi connectivity index (χ4n) is 1.86. The zero-order chi connectivity index (χ0) is 9.97. The van der Waals surface area contributed by atoms with E-state index in [0.717, 1.165) is 12.3 Å². The van der Waals surface area contributed by atoms with E-state index in [0.29, 0.717) is 5.46 Å². The van der Waals surface area contributed by atoms with Gasteiger partial charge in [0.1, 0.15) is 0 Å². The number of benzene rings is 1. The molecule has 2 nitrogen and oxygen atoms in total. The lowest BCUT2D eigenvalue weighted by atomic mass is 9.78. The quantitative estimate of drug-likeness (QED) is 0.689. The lowest BCUT2D eigenvalue weighted by molar-refractivity contribution is 0.314. The summed E-state index contributed by atoms with van der Waals surface area (Å²) in [5, 5.41) is 17.8. The monoisotopic (exact) mass is 190 g/mol. The second-order valence-corrected chi connectivity index (χ2v) is 4.12. The van der Waals surface area contributed by atoms with E-state index >= 15 is 0 Å². The third kappa shape index (κ3) is 2.17. The van der Waals surface area contributed by atoms with Gasteiger partial charge in [-0.3, -0.25) is 0 Å². The van der Waals surface area contributed by atoms with E-state index in [1.807, 2.05) is 12.1 Å². The smallest absolute Gasteiger partial charge is 0.423 e. The van der Waals surface area contributed by atoms with Crippen molar-refractivity contribution in [3.8, 4) is 0 Å². The first-order valence-corrected chi connectivity index (χ1v) is 5.20. The molecule has 1 saturated carbocycles. The predicted octanol–water partition coefficient (Wildman–Crippen LogP) is 0.709. The van der Waals surface area contributed by atoms with Gasteiger partial charge in [0.15, 0.2) is 0 Å². The van der Waals surface area contributed by atoms with Crippen LogP contribution < -0.4 is 5.46 Å². The normalized spacial score (nSPS) is 16.4. The Labute approximate surface area is 84.7 Å². The van der Waals surface area contributed by atoms with Crippen molar-refractivity contribution < 1.29 is 10.0 Å². The van der Waals surface area contributed by atoms with Gasteiger partial charge in [-0.15, -0.1) is 0 Å². The summed E-state index contributed by atoms with van der Waals surface area (Å²) in [7, 11) is -1.34. The molecule has 3 heteroatoms. The number of hydrogen-bond donors (Lipinski definition) is 2. The molecule has 0 aliphatic heterocycles. The van der Waals surface area contributed by atoms with Crippen molar-refractivity contribution in [2.75, 3.05) is 0 Å². The van der Waals surface area contributed by atoms with E-state index in [2.05, 4.69) is 0 Å². The zero-order valence-corrected chi connectivity index (χ0v) is 8.19. The van der Waals surface area contributed by atoms with Gasteiger partial charge < -0.3 is 10.0 Å². The highest BCUT2D eigenvalue weighted by atomic mass is 16.4. The standard InChI is InChI=1S/C11H15BO2/c13-12(14)11-6-4-10(5-7-11)8-9-2-1-3-9/h4-7,9,13-14H,1-3,8H2. The molecule has 0 spiro atoms. The molecule has 2 rings (SSSR count). The van der Waals surface area contributed by atoms with Gasteiger partial charge in [0.05, 0.1) is 0 Å². The predicted molar refractivity (Wildman–Crippen MR) is 57.3 cm³/mol. The molecule has 0 amide bonds. The molecule has 2 N–H and O–H groups in total. The molecule has 14 heavy (non-hydrogen) atoms. The highest BCUT2D eigenvalue weighted by molar-refractivity contribution is 6.58. The molecule has 0 heterocycles. The van der Waals surface area contributed by atoms with E-state index in [4.69, 9.17) is 10.0 Å². The Morgan fingerprint density at radius 2 is 1.79 bits per heavy atom. The van der Waals surface area contributed by atoms with Crippen molar-refractivity contribution in [2.45, 2.75) is 25.7 Å². The van der Waals surface area contributed by atoms with Crippen LogP contribution in [0.3, 0.4) is 0 Å². The second-order valence-electron chi connectivity index (χ2n) is 4.12. The third-order valence-electron chi connectivity index (χ3n) is 3.03. The zero-order valence-electron chi connectivity index (χ0n) is 8.19. The molecule has 1 aliphatic carbocycles. The average molecular weight is 190 g/mol. The van der Waals surface area contributed by atoms with Crippen LogP contribution in [-0.4, -0.2) is 17.2 Å². The van der Waals surface area contributed by atoms with Crippen LogP contribution in [0.1, 0.15) is 24.8 Å². The Hall–Kier alpha value is -0.795. The van der Waals surface area contributed by atoms with Crippen LogP contribution in [0.15, 0.2) is 24.3 Å². The summed E-state index contributed by atoms with van der Waals surface area (Å²) in [6, 6.07) is 7.57. The Kier molecular flexibility index (Phi) is 2.89. The fourth-order valence-corrected chi connectivity index (χ4v) is 1.86. The molecule has 0 bridgehead atoms. The van der Waals surface area contributed by atoms with E-state index in [1.165, 1.54) is 24.8 Å². The van der Waals surface area contributed by atoms with Crippen molar-refractivity contribution in [1.82, 2.24) is 0 Å². The summed E-state index contributed by atoms with van der Waals surface area (Å²) in [4.78, 5) is 0. The maximum absolute atomic E-state index is 8.91. The topological polar surface area (TPSA) is 40.5 Å². The van der Waals surface area contributed by atoms with E-state index in [1.54, 1.807) is 12.1 Å². The maximum Gasteiger partial charge on any atom is 0.488 e. The van der Waals surface area contributed by atoms with E-state index in [-0.39, 0.29) is 0 Å². The van der Waals surface area contributed by atoms with Gasteiger partial charge in [-0.05, 0) is 23.4 Å². The molecule has 1 aromatic carbocycles. The summed E-state index contributed by atoms with van der Waals surface area (Å²) in [6.45, 7) is 0. The molecule has 0 unspecified atom stereocenters. The van der Waals surface area contributed by atoms with Gasteiger partial charge in [-0.1, -0.05) is 43.5 Å². The van der Waals surface area contributed by atoms with Crippen molar-refractivity contribution in [3.63, 3.8) is 0 Å². The number of hydrogen-bond acceptors (Lipinski definition) is 2. The first kappa shape index (κ1) is 9.75. The van der Waals surface area contributed by atoms with Crippen molar-refractivity contribution >= 4 is 12.6 Å². The van der Waals surface area contributed by atoms with Gasteiger partial charge in [0.2, 0.25) is 0 Å². The SMILES string of the molecule is OB(O)c1ccc(CC2CCC2)cc1. The Morgan fingerprint density at radius 3 is 2.21 bits per heavy atom. The van der Waals surface area contributed by atoms with Crippen LogP contribution in [0.25, 0.3) is 0 Å². The van der Waals surface area contributed by atoms with Gasteiger partial charge in [-0.25, -0.2) is 0 Å². The summed E-state index contributed by atoms with van der Waals surface area (Å²) in [5.74, 6) is 0.861. The van der Waals surface area contributed by atoms with Gasteiger partial charge in [-0.2, -0.15) is 0 Å². The first-order valence-electron chi connectivity index (χ1n) is 5.20. The minimum atomic E-state index is -1.34. The van der Waals surface area contributed by atoms with Gasteiger partial charge in [0.25, 0.3) is 0 Å². The van der Waals surface area contributed by atoms with Crippen LogP contribution in [-0.2, 0) is 6.42 Å². The molecule has 0 radical (unpaired) electrons. The van der Waals surface area contributed by atoms with Crippen LogP contribution in [0.5, 0.6) is 0 Å². The summed E-state index contributed by atoms with van der Waals surface area (Å²) in [6.07, 6.45) is 5.22. The van der Waals surface area contributed by atoms with Gasteiger partial charge >= 0.3 is 7.12 Å². The molecular weight excluding hydrogens is 175 g/mol. The van der Waals surface area contributed by atoms with Crippen LogP contribution in [0.4, 0.5) is 0 Å². The Bertz CT molecular complexity index is 291. The molecule has 1 aliphatic rings. The highest BCUT2D eigenvalue weighted by Gasteiger charge is 2.17. The molecular formula is C11H15BO2. The lowest BCUT2D eigenvalue weighted by Gasteiger charge is -2.25. The van der Waals surface area contributed by atoms with Crippen molar-refractivity contribution in [2.24, 2.45) is 5.92 Å². The minimum Gasteiger partial charge on any atom is -0.423 e. The van der Waals surface area contributed by atoms with Crippen LogP contribution >= 0.6 is 0 Å². The minimum absolute atomic E-state index is 0.572. The van der Waals surface area contributed by atoms with Crippen LogP contribution in [0.2, 0.25) is 0 Å². The summed E-state index contributed by atoms with van der Waals surface area (Å²) >= 11 is 0. The number of rotatable bonds is 3. The molecule has 1 aromatic rings. The third-order valence-corrected chi connectivity index (χ3v) is 3.03. The molecule has 1 fully saturated rings. The highest BCUT2D eigenvalue weighted by Crippen LogP contribution is 2.29. The fraction of sp³-hybridized carbons (Fsp3) is 0.455. The van der Waals surface area contributed by atoms with E-state index in [9.17, 15) is 0 Å². The molecule has 0 saturated heterocycles. The Morgan fingerprint density at radius 1 is 1.14 bits per heavy atom. The van der Waals surface area contributed by atoms with Crippen molar-refractivity contribution in [1.29, 1.82) is 0 Å². The van der Waals surface area contributed by atoms with E-state index < -0.39 is 7.12 Å². The van der Waals surface area contributed by atoms with Gasteiger partial charge in [0, 0.05) is 0 Å². The molecule has 74 valence electrons. The van der Waals surface area contributed by atoms with Crippen molar-refractivity contribution in [3.05, 3.63) is 29.8 Å². The molecule has 0 aromatic heterocycles. The maximum atomic E-state index is 8.91. The first-order chi connectivity index (χ1) is 6.75. The summed E-state index contributed by atoms with van der Waals surface area (Å²) < 4.78 is 0. The van der Waals surface area contributed by atoms with Crippen LogP contribution in [0, 0.1) is 5.92 Å². The molecule has 0 atom stereocenters. The largest absolute Gasteiger partial charge is 0.488 e. The summed E-state index contributed by atoms with van der Waals surface area (Å²) in [5.41, 5.74) is 1.88. The average Bonchev–Trinajstić information content (AvgIpc) is 2.12. The Balaban J connectivity index is 1.98. The second kappa shape index (κ2) is 4.15. The lowest BCUT2D eigenvalue weighted by Crippen LogP contribution is -2.29.